The first-order valence-corrected chi connectivity index (χ1v) is 9.39. The fourth-order valence-electron chi connectivity index (χ4n) is 2.49. The number of hydrazone groups is 1. The van der Waals surface area contributed by atoms with E-state index in [2.05, 4.69) is 26.5 Å². The standard InChI is InChI=1S/C22H19BrN2O3/c1-27-20-10-11-21(28-15-16-6-5-9-19(23)12-16)18(13-20)14-24-25-22(26)17-7-3-2-4-8-17/h2-14H,15H2,1H3,(H,25,26)/b24-14-. The number of hydrogen-bond acceptors (Lipinski definition) is 4. The summed E-state index contributed by atoms with van der Waals surface area (Å²) >= 11 is 3.46. The summed E-state index contributed by atoms with van der Waals surface area (Å²) in [6.45, 7) is 0.406. The van der Waals surface area contributed by atoms with Crippen LogP contribution in [0.4, 0.5) is 0 Å². The van der Waals surface area contributed by atoms with Gasteiger partial charge in [0.25, 0.3) is 5.91 Å². The van der Waals surface area contributed by atoms with Gasteiger partial charge in [-0.3, -0.25) is 4.79 Å². The van der Waals surface area contributed by atoms with Crippen LogP contribution in [0, 0.1) is 0 Å². The van der Waals surface area contributed by atoms with Gasteiger partial charge in [0.1, 0.15) is 18.1 Å². The van der Waals surface area contributed by atoms with Crippen LogP contribution in [0.25, 0.3) is 0 Å². The molecule has 28 heavy (non-hydrogen) atoms. The molecule has 0 saturated heterocycles. The third-order valence-electron chi connectivity index (χ3n) is 3.91. The Morgan fingerprint density at radius 1 is 1.07 bits per heavy atom. The zero-order valence-corrected chi connectivity index (χ0v) is 16.8. The minimum atomic E-state index is -0.281. The Morgan fingerprint density at radius 2 is 1.89 bits per heavy atom. The summed E-state index contributed by atoms with van der Waals surface area (Å²) in [4.78, 5) is 12.1. The van der Waals surface area contributed by atoms with Crippen LogP contribution in [0.2, 0.25) is 0 Å². The molecule has 0 radical (unpaired) electrons. The minimum Gasteiger partial charge on any atom is -0.497 e. The molecule has 0 saturated carbocycles. The van der Waals surface area contributed by atoms with Gasteiger partial charge in [0.15, 0.2) is 0 Å². The number of nitrogens with zero attached hydrogens (tertiary/aromatic N) is 1. The Bertz CT molecular complexity index is 975. The first kappa shape index (κ1) is 19.6. The van der Waals surface area contributed by atoms with Gasteiger partial charge < -0.3 is 9.47 Å². The predicted octanol–water partition coefficient (Wildman–Crippen LogP) is 4.80. The highest BCUT2D eigenvalue weighted by Gasteiger charge is 2.06. The van der Waals surface area contributed by atoms with Gasteiger partial charge in [-0.05, 0) is 48.0 Å². The number of hydrogen-bond donors (Lipinski definition) is 1. The van der Waals surface area contributed by atoms with Crippen LogP contribution >= 0.6 is 15.9 Å². The van der Waals surface area contributed by atoms with Gasteiger partial charge in [0.05, 0.1) is 13.3 Å². The molecule has 0 aliphatic rings. The molecular formula is C22H19BrN2O3. The Morgan fingerprint density at radius 3 is 2.64 bits per heavy atom. The molecule has 6 heteroatoms. The molecule has 1 N–H and O–H groups in total. The molecule has 1 amide bonds. The lowest BCUT2D eigenvalue weighted by molar-refractivity contribution is 0.0955. The molecule has 3 rings (SSSR count). The van der Waals surface area contributed by atoms with Gasteiger partial charge in [0, 0.05) is 15.6 Å². The van der Waals surface area contributed by atoms with Crippen molar-refractivity contribution in [1.29, 1.82) is 0 Å². The average molecular weight is 439 g/mol. The Labute approximate surface area is 172 Å². The van der Waals surface area contributed by atoms with Crippen LogP contribution in [0.1, 0.15) is 21.5 Å². The third-order valence-corrected chi connectivity index (χ3v) is 4.40. The van der Waals surface area contributed by atoms with E-state index in [1.807, 2.05) is 42.5 Å². The molecule has 0 aromatic heterocycles. The molecule has 0 fully saturated rings. The molecule has 0 unspecified atom stereocenters. The van der Waals surface area contributed by atoms with E-state index in [4.69, 9.17) is 9.47 Å². The van der Waals surface area contributed by atoms with Gasteiger partial charge in [-0.15, -0.1) is 0 Å². The smallest absolute Gasteiger partial charge is 0.271 e. The molecule has 5 nitrogen and oxygen atoms in total. The maximum atomic E-state index is 12.1. The summed E-state index contributed by atoms with van der Waals surface area (Å²) in [5.41, 5.74) is 4.79. The highest BCUT2D eigenvalue weighted by molar-refractivity contribution is 9.10. The maximum absolute atomic E-state index is 12.1. The summed E-state index contributed by atoms with van der Waals surface area (Å²) in [6, 6.07) is 22.2. The van der Waals surface area contributed by atoms with Crippen molar-refractivity contribution in [1.82, 2.24) is 5.43 Å². The number of halogens is 1. The minimum absolute atomic E-state index is 0.281. The van der Waals surface area contributed by atoms with E-state index in [9.17, 15) is 4.79 Å². The van der Waals surface area contributed by atoms with Crippen LogP contribution in [-0.2, 0) is 6.61 Å². The second kappa shape index (κ2) is 9.71. The number of rotatable bonds is 7. The molecule has 3 aromatic rings. The number of methoxy groups -OCH3 is 1. The Balaban J connectivity index is 1.72. The molecule has 142 valence electrons. The van der Waals surface area contributed by atoms with Crippen molar-refractivity contribution in [3.63, 3.8) is 0 Å². The lowest BCUT2D eigenvalue weighted by atomic mass is 10.2. The molecule has 0 atom stereocenters. The Hall–Kier alpha value is -3.12. The molecule has 0 aliphatic carbocycles. The number of carbonyl (C=O) groups excluding carboxylic acids is 1. The highest BCUT2D eigenvalue weighted by Crippen LogP contribution is 2.24. The fourth-order valence-corrected chi connectivity index (χ4v) is 2.93. The van der Waals surface area contributed by atoms with Crippen molar-refractivity contribution in [2.24, 2.45) is 5.10 Å². The van der Waals surface area contributed by atoms with E-state index in [-0.39, 0.29) is 5.91 Å². The van der Waals surface area contributed by atoms with Crippen molar-refractivity contribution in [2.45, 2.75) is 6.61 Å². The van der Waals surface area contributed by atoms with Gasteiger partial charge >= 0.3 is 0 Å². The van der Waals surface area contributed by atoms with E-state index >= 15 is 0 Å². The van der Waals surface area contributed by atoms with Gasteiger partial charge in [-0.25, -0.2) is 5.43 Å². The first-order chi connectivity index (χ1) is 13.7. The largest absolute Gasteiger partial charge is 0.497 e. The summed E-state index contributed by atoms with van der Waals surface area (Å²) in [6.07, 6.45) is 1.54. The van der Waals surface area contributed by atoms with Crippen LogP contribution in [0.5, 0.6) is 11.5 Å². The first-order valence-electron chi connectivity index (χ1n) is 8.59. The molecule has 0 heterocycles. The quantitative estimate of drug-likeness (QED) is 0.425. The van der Waals surface area contributed by atoms with Crippen LogP contribution < -0.4 is 14.9 Å². The van der Waals surface area contributed by atoms with Crippen LogP contribution in [0.3, 0.4) is 0 Å². The molecule has 0 bridgehead atoms. The van der Waals surface area contributed by atoms with Gasteiger partial charge in [-0.1, -0.05) is 46.3 Å². The third kappa shape index (κ3) is 5.44. The lowest BCUT2D eigenvalue weighted by Gasteiger charge is -2.11. The number of amides is 1. The van der Waals surface area contributed by atoms with Gasteiger partial charge in [0.2, 0.25) is 0 Å². The topological polar surface area (TPSA) is 59.9 Å². The number of nitrogens with one attached hydrogen (secondary N) is 1. The highest BCUT2D eigenvalue weighted by atomic mass is 79.9. The van der Waals surface area contributed by atoms with Crippen molar-refractivity contribution in [2.75, 3.05) is 7.11 Å². The normalized spacial score (nSPS) is 10.6. The van der Waals surface area contributed by atoms with Crippen molar-refractivity contribution in [3.8, 4) is 11.5 Å². The van der Waals surface area contributed by atoms with E-state index in [0.717, 1.165) is 10.0 Å². The zero-order valence-electron chi connectivity index (χ0n) is 15.3. The van der Waals surface area contributed by atoms with E-state index in [1.165, 1.54) is 0 Å². The average Bonchev–Trinajstić information content (AvgIpc) is 2.73. The predicted molar refractivity (Wildman–Crippen MR) is 113 cm³/mol. The number of ether oxygens (including phenoxy) is 2. The summed E-state index contributed by atoms with van der Waals surface area (Å²) in [5, 5.41) is 4.06. The maximum Gasteiger partial charge on any atom is 0.271 e. The van der Waals surface area contributed by atoms with Crippen LogP contribution in [0.15, 0.2) is 82.4 Å². The second-order valence-electron chi connectivity index (χ2n) is 5.89. The molecular weight excluding hydrogens is 420 g/mol. The fraction of sp³-hybridized carbons (Fsp3) is 0.0909. The molecule has 0 spiro atoms. The SMILES string of the molecule is COc1ccc(OCc2cccc(Br)c2)c(/C=N\NC(=O)c2ccccc2)c1. The summed E-state index contributed by atoms with van der Waals surface area (Å²) in [7, 11) is 1.59. The zero-order chi connectivity index (χ0) is 19.8. The lowest BCUT2D eigenvalue weighted by Crippen LogP contribution is -2.17. The molecule has 0 aliphatic heterocycles. The van der Waals surface area contributed by atoms with Crippen molar-refractivity contribution >= 4 is 28.1 Å². The monoisotopic (exact) mass is 438 g/mol. The Kier molecular flexibility index (Phi) is 6.81. The number of carbonyl (C=O) groups is 1. The van der Waals surface area contributed by atoms with Crippen LogP contribution in [-0.4, -0.2) is 19.2 Å². The summed E-state index contributed by atoms with van der Waals surface area (Å²) < 4.78 is 12.2. The van der Waals surface area contributed by atoms with Gasteiger partial charge in [-0.2, -0.15) is 5.10 Å². The summed E-state index contributed by atoms with van der Waals surface area (Å²) in [5.74, 6) is 1.03. The van der Waals surface area contributed by atoms with E-state index in [0.29, 0.717) is 29.2 Å². The van der Waals surface area contributed by atoms with E-state index in [1.54, 1.807) is 43.7 Å². The van der Waals surface area contributed by atoms with Crippen molar-refractivity contribution in [3.05, 3.63) is 94.0 Å². The van der Waals surface area contributed by atoms with Crippen molar-refractivity contribution < 1.29 is 14.3 Å². The molecule has 3 aromatic carbocycles. The number of benzene rings is 3. The second-order valence-corrected chi connectivity index (χ2v) is 6.80. The van der Waals surface area contributed by atoms with E-state index < -0.39 is 0 Å².